The van der Waals surface area contributed by atoms with E-state index in [-0.39, 0.29) is 13.0 Å². The van der Waals surface area contributed by atoms with Crippen molar-refractivity contribution in [3.8, 4) is 12.3 Å². The van der Waals surface area contributed by atoms with E-state index in [1.54, 1.807) is 6.92 Å². The number of carbonyl (C=O) groups excluding carboxylic acids is 1. The maximum atomic E-state index is 11.9. The van der Waals surface area contributed by atoms with Gasteiger partial charge in [0, 0.05) is 20.6 Å². The van der Waals surface area contributed by atoms with Crippen molar-refractivity contribution in [2.24, 2.45) is 0 Å². The molecule has 0 aliphatic rings. The summed E-state index contributed by atoms with van der Waals surface area (Å²) in [4.78, 5) is 11.4. The highest BCUT2D eigenvalue weighted by molar-refractivity contribution is 7.55. The predicted octanol–water partition coefficient (Wildman–Crippen LogP) is 1.43. The van der Waals surface area contributed by atoms with Crippen LogP contribution in [-0.4, -0.2) is 32.5 Å². The molecule has 0 saturated carbocycles. The molecule has 0 N–H and O–H groups in total. The zero-order valence-corrected chi connectivity index (χ0v) is 9.95. The molecule has 0 aromatic carbocycles. The third-order valence-corrected chi connectivity index (χ3v) is 3.94. The third kappa shape index (κ3) is 3.67. The van der Waals surface area contributed by atoms with Crippen LogP contribution in [0.3, 0.4) is 0 Å². The van der Waals surface area contributed by atoms with Crippen molar-refractivity contribution in [3.05, 3.63) is 0 Å². The molecule has 0 fully saturated rings. The molecular formula is C9H15O5P. The van der Waals surface area contributed by atoms with Gasteiger partial charge in [-0.05, 0) is 6.92 Å². The smallest absolute Gasteiger partial charge is 0.345 e. The molecule has 0 rings (SSSR count). The molecule has 0 saturated heterocycles. The van der Waals surface area contributed by atoms with Crippen LogP contribution in [0.25, 0.3) is 0 Å². The van der Waals surface area contributed by atoms with Crippen molar-refractivity contribution < 1.29 is 23.1 Å². The van der Waals surface area contributed by atoms with Crippen LogP contribution in [-0.2, 0) is 23.1 Å². The van der Waals surface area contributed by atoms with Crippen molar-refractivity contribution in [2.45, 2.75) is 19.0 Å². The Hall–Kier alpha value is -0.820. The first-order valence-corrected chi connectivity index (χ1v) is 5.98. The molecule has 0 heterocycles. The first kappa shape index (κ1) is 14.2. The summed E-state index contributed by atoms with van der Waals surface area (Å²) in [5, 5.41) is 0. The molecule has 0 radical (unpaired) electrons. The van der Waals surface area contributed by atoms with Crippen LogP contribution in [0, 0.1) is 12.3 Å². The van der Waals surface area contributed by atoms with Crippen LogP contribution >= 0.6 is 7.60 Å². The third-order valence-electron chi connectivity index (χ3n) is 1.76. The Morgan fingerprint density at radius 1 is 1.47 bits per heavy atom. The van der Waals surface area contributed by atoms with Crippen molar-refractivity contribution in [1.29, 1.82) is 0 Å². The zero-order chi connectivity index (χ0) is 11.9. The Kier molecular flexibility index (Phi) is 6.26. The second-order valence-electron chi connectivity index (χ2n) is 2.58. The average Bonchev–Trinajstić information content (AvgIpc) is 2.25. The maximum absolute atomic E-state index is 11.9. The molecule has 5 nitrogen and oxygen atoms in total. The van der Waals surface area contributed by atoms with Gasteiger partial charge in [-0.25, -0.2) is 0 Å². The largest absolute Gasteiger partial charge is 0.465 e. The summed E-state index contributed by atoms with van der Waals surface area (Å²) >= 11 is 0. The van der Waals surface area contributed by atoms with E-state index in [2.05, 4.69) is 5.92 Å². The van der Waals surface area contributed by atoms with Crippen LogP contribution in [0.2, 0.25) is 0 Å². The minimum absolute atomic E-state index is 0.0439. The number of carbonyl (C=O) groups is 1. The second-order valence-corrected chi connectivity index (χ2v) is 5.01. The van der Waals surface area contributed by atoms with Gasteiger partial charge in [0.25, 0.3) is 0 Å². The molecule has 15 heavy (non-hydrogen) atoms. The molecule has 0 aliphatic heterocycles. The minimum Gasteiger partial charge on any atom is -0.465 e. The van der Waals surface area contributed by atoms with Gasteiger partial charge in [-0.2, -0.15) is 0 Å². The molecule has 0 bridgehead atoms. The van der Waals surface area contributed by atoms with E-state index in [0.29, 0.717) is 0 Å². The van der Waals surface area contributed by atoms with E-state index in [1.807, 2.05) is 0 Å². The summed E-state index contributed by atoms with van der Waals surface area (Å²) in [5.41, 5.74) is -1.06. The molecule has 6 heteroatoms. The van der Waals surface area contributed by atoms with E-state index < -0.39 is 19.2 Å². The summed E-state index contributed by atoms with van der Waals surface area (Å²) in [6.45, 7) is 1.84. The first-order chi connectivity index (χ1) is 7.05. The topological polar surface area (TPSA) is 61.8 Å². The summed E-state index contributed by atoms with van der Waals surface area (Å²) in [6, 6.07) is 0. The molecule has 0 spiro atoms. The Labute approximate surface area is 89.6 Å². The number of rotatable bonds is 6. The van der Waals surface area contributed by atoms with E-state index >= 15 is 0 Å². The molecule has 1 atom stereocenters. The van der Waals surface area contributed by atoms with Crippen LogP contribution in [0.4, 0.5) is 0 Å². The van der Waals surface area contributed by atoms with Gasteiger partial charge in [-0.15, -0.1) is 12.3 Å². The average molecular weight is 234 g/mol. The lowest BCUT2D eigenvalue weighted by molar-refractivity contribution is -0.142. The highest BCUT2D eigenvalue weighted by Crippen LogP contribution is 2.53. The first-order valence-electron chi connectivity index (χ1n) is 4.37. The summed E-state index contributed by atoms with van der Waals surface area (Å²) < 4.78 is 26.1. The van der Waals surface area contributed by atoms with Gasteiger partial charge in [-0.1, -0.05) is 0 Å². The molecule has 0 aromatic rings. The van der Waals surface area contributed by atoms with E-state index in [9.17, 15) is 9.36 Å². The number of ether oxygens (including phenoxy) is 1. The summed E-state index contributed by atoms with van der Waals surface area (Å²) in [6.07, 6.45) is 5.04. The maximum Gasteiger partial charge on any atom is 0.345 e. The number of terminal acetylenes is 1. The van der Waals surface area contributed by atoms with Crippen LogP contribution in [0.5, 0.6) is 0 Å². The molecule has 86 valence electrons. The van der Waals surface area contributed by atoms with E-state index in [4.69, 9.17) is 20.2 Å². The van der Waals surface area contributed by atoms with Crippen LogP contribution in [0.15, 0.2) is 0 Å². The van der Waals surface area contributed by atoms with Gasteiger partial charge in [0.1, 0.15) is 0 Å². The van der Waals surface area contributed by atoms with Gasteiger partial charge < -0.3 is 13.8 Å². The quantitative estimate of drug-likeness (QED) is 0.395. The second kappa shape index (κ2) is 6.62. The highest BCUT2D eigenvalue weighted by atomic mass is 31.2. The Balaban J connectivity index is 4.87. The normalized spacial score (nSPS) is 12.9. The lowest BCUT2D eigenvalue weighted by Gasteiger charge is -2.20. The number of hydrogen-bond acceptors (Lipinski definition) is 5. The van der Waals surface area contributed by atoms with Gasteiger partial charge >= 0.3 is 13.6 Å². The van der Waals surface area contributed by atoms with Crippen molar-refractivity contribution in [3.63, 3.8) is 0 Å². The van der Waals surface area contributed by atoms with Crippen molar-refractivity contribution >= 4 is 13.6 Å². The predicted molar refractivity (Wildman–Crippen MR) is 55.5 cm³/mol. The van der Waals surface area contributed by atoms with Crippen molar-refractivity contribution in [2.75, 3.05) is 20.8 Å². The number of esters is 1. The standard InChI is InChI=1S/C9H15O5P/c1-5-7-8(9(10)14-6-2)15(11,12-3)13-4/h1,8H,6-7H2,2-4H3. The lowest BCUT2D eigenvalue weighted by Crippen LogP contribution is -2.24. The van der Waals surface area contributed by atoms with Crippen LogP contribution < -0.4 is 0 Å². The fourth-order valence-corrected chi connectivity index (χ4v) is 2.32. The van der Waals surface area contributed by atoms with E-state index in [0.717, 1.165) is 0 Å². The fourth-order valence-electron chi connectivity index (χ4n) is 1.00. The lowest BCUT2D eigenvalue weighted by atomic mass is 10.3. The summed E-state index contributed by atoms with van der Waals surface area (Å²) in [7, 11) is -1.11. The number of hydrogen-bond donors (Lipinski definition) is 0. The SMILES string of the molecule is C#CCC(C(=O)OCC)P(=O)(OC)OC. The van der Waals surface area contributed by atoms with Crippen LogP contribution in [0.1, 0.15) is 13.3 Å². The molecule has 0 amide bonds. The van der Waals surface area contributed by atoms with Gasteiger partial charge in [0.15, 0.2) is 5.66 Å². The van der Waals surface area contributed by atoms with E-state index in [1.165, 1.54) is 14.2 Å². The molecule has 0 aliphatic carbocycles. The monoisotopic (exact) mass is 234 g/mol. The fraction of sp³-hybridized carbons (Fsp3) is 0.667. The zero-order valence-electron chi connectivity index (χ0n) is 9.06. The van der Waals surface area contributed by atoms with Gasteiger partial charge in [-0.3, -0.25) is 9.36 Å². The summed E-state index contributed by atoms with van der Waals surface area (Å²) in [5.74, 6) is 1.58. The Bertz CT molecular complexity index is 285. The molecule has 1 unspecified atom stereocenters. The Morgan fingerprint density at radius 3 is 2.33 bits per heavy atom. The molecule has 0 aromatic heterocycles. The highest BCUT2D eigenvalue weighted by Gasteiger charge is 2.40. The van der Waals surface area contributed by atoms with Crippen molar-refractivity contribution in [1.82, 2.24) is 0 Å². The Morgan fingerprint density at radius 2 is 2.00 bits per heavy atom. The van der Waals surface area contributed by atoms with Gasteiger partial charge in [0.05, 0.1) is 6.61 Å². The molecular weight excluding hydrogens is 219 g/mol. The minimum atomic E-state index is -3.51. The van der Waals surface area contributed by atoms with Gasteiger partial charge in [0.2, 0.25) is 0 Å².